The second-order valence-corrected chi connectivity index (χ2v) is 7.64. The summed E-state index contributed by atoms with van der Waals surface area (Å²) in [5.41, 5.74) is 3.67. The minimum Gasteiger partial charge on any atom is -0.392 e. The summed E-state index contributed by atoms with van der Waals surface area (Å²) >= 11 is 0. The number of fused-ring (bicyclic) bond motifs is 1. The van der Waals surface area contributed by atoms with Crippen molar-refractivity contribution in [1.29, 1.82) is 0 Å². The Morgan fingerprint density at radius 2 is 2.04 bits per heavy atom. The number of ketones is 1. The van der Waals surface area contributed by atoms with E-state index in [4.69, 9.17) is 0 Å². The summed E-state index contributed by atoms with van der Waals surface area (Å²) < 4.78 is 16.2. The number of Topliss-reactive ketones (excluding diaryl/α,β-unsaturated/α-hetero) is 1. The van der Waals surface area contributed by atoms with Crippen LogP contribution in [0.5, 0.6) is 0 Å². The first-order chi connectivity index (χ1) is 13.3. The van der Waals surface area contributed by atoms with Gasteiger partial charge in [0.1, 0.15) is 5.82 Å². The zero-order valence-electron chi connectivity index (χ0n) is 16.7. The highest BCUT2D eigenvalue weighted by Gasteiger charge is 2.29. The van der Waals surface area contributed by atoms with Crippen LogP contribution >= 0.6 is 0 Å². The van der Waals surface area contributed by atoms with E-state index in [1.165, 1.54) is 11.0 Å². The Bertz CT molecular complexity index is 901. The molecule has 1 aliphatic carbocycles. The standard InChI is InChI=1S/C22H27FN2O3/c1-14(26)12-24(3)21(28)11-17-15(2)25(13-16-7-4-5-8-18(16)23)19-9-6-10-20(27)22(17)19/h4-5,7-8,14,26H,6,9-13H2,1-3H3. The number of hydrogen-bond acceptors (Lipinski definition) is 3. The molecule has 2 aromatic rings. The van der Waals surface area contributed by atoms with Gasteiger partial charge in [0.05, 0.1) is 19.1 Å². The minimum absolute atomic E-state index is 0.0533. The smallest absolute Gasteiger partial charge is 0.226 e. The van der Waals surface area contributed by atoms with Gasteiger partial charge in [0.2, 0.25) is 5.91 Å². The topological polar surface area (TPSA) is 62.5 Å². The van der Waals surface area contributed by atoms with Gasteiger partial charge in [0.15, 0.2) is 5.78 Å². The summed E-state index contributed by atoms with van der Waals surface area (Å²) in [5.74, 6) is -0.369. The molecule has 5 nitrogen and oxygen atoms in total. The summed E-state index contributed by atoms with van der Waals surface area (Å²) in [6.45, 7) is 4.10. The number of likely N-dealkylation sites (N-methyl/N-ethyl adjacent to an activating group) is 1. The number of amides is 1. The first kappa shape index (κ1) is 20.3. The predicted molar refractivity (Wildman–Crippen MR) is 105 cm³/mol. The lowest BCUT2D eigenvalue weighted by atomic mass is 9.92. The lowest BCUT2D eigenvalue weighted by molar-refractivity contribution is -0.130. The molecule has 28 heavy (non-hydrogen) atoms. The van der Waals surface area contributed by atoms with Gasteiger partial charge in [-0.15, -0.1) is 0 Å². The van der Waals surface area contributed by atoms with Crippen LogP contribution in [-0.2, 0) is 24.2 Å². The van der Waals surface area contributed by atoms with Gasteiger partial charge in [-0.05, 0) is 38.3 Å². The highest BCUT2D eigenvalue weighted by molar-refractivity contribution is 6.01. The summed E-state index contributed by atoms with van der Waals surface area (Å²) in [7, 11) is 1.65. The van der Waals surface area contributed by atoms with Crippen molar-refractivity contribution in [2.75, 3.05) is 13.6 Å². The largest absolute Gasteiger partial charge is 0.392 e. The number of nitrogens with zero attached hydrogens (tertiary/aromatic N) is 2. The van der Waals surface area contributed by atoms with Crippen LogP contribution in [0.3, 0.4) is 0 Å². The van der Waals surface area contributed by atoms with Gasteiger partial charge >= 0.3 is 0 Å². The molecule has 0 radical (unpaired) electrons. The quantitative estimate of drug-likeness (QED) is 0.830. The lowest BCUT2D eigenvalue weighted by Crippen LogP contribution is -2.34. The molecule has 1 aromatic carbocycles. The first-order valence-corrected chi connectivity index (χ1v) is 9.69. The van der Waals surface area contributed by atoms with Gasteiger partial charge in [-0.25, -0.2) is 4.39 Å². The van der Waals surface area contributed by atoms with Crippen LogP contribution in [-0.4, -0.2) is 46.0 Å². The molecule has 0 spiro atoms. The fraction of sp³-hybridized carbons (Fsp3) is 0.455. The molecule has 1 atom stereocenters. The van der Waals surface area contributed by atoms with Crippen LogP contribution in [0, 0.1) is 12.7 Å². The third-order valence-corrected chi connectivity index (χ3v) is 5.43. The van der Waals surface area contributed by atoms with Gasteiger partial charge in [-0.2, -0.15) is 0 Å². The second kappa shape index (κ2) is 8.27. The number of hydrogen-bond donors (Lipinski definition) is 1. The first-order valence-electron chi connectivity index (χ1n) is 9.69. The van der Waals surface area contributed by atoms with E-state index >= 15 is 0 Å². The van der Waals surface area contributed by atoms with E-state index < -0.39 is 6.10 Å². The highest BCUT2D eigenvalue weighted by Crippen LogP contribution is 2.31. The van der Waals surface area contributed by atoms with E-state index in [0.29, 0.717) is 24.1 Å². The molecular formula is C22H27FN2O3. The Hall–Kier alpha value is -2.47. The van der Waals surface area contributed by atoms with Crippen LogP contribution in [0.4, 0.5) is 4.39 Å². The van der Waals surface area contributed by atoms with Gasteiger partial charge in [-0.3, -0.25) is 9.59 Å². The van der Waals surface area contributed by atoms with Gasteiger partial charge in [0, 0.05) is 42.5 Å². The molecule has 150 valence electrons. The van der Waals surface area contributed by atoms with Gasteiger partial charge in [0.25, 0.3) is 0 Å². The van der Waals surface area contributed by atoms with Crippen molar-refractivity contribution < 1.29 is 19.1 Å². The predicted octanol–water partition coefficient (Wildman–Crippen LogP) is 2.88. The van der Waals surface area contributed by atoms with Crippen molar-refractivity contribution in [2.45, 2.75) is 52.2 Å². The third kappa shape index (κ3) is 4.02. The Labute approximate surface area is 164 Å². The fourth-order valence-corrected chi connectivity index (χ4v) is 4.00. The van der Waals surface area contributed by atoms with Gasteiger partial charge < -0.3 is 14.6 Å². The van der Waals surface area contributed by atoms with Crippen molar-refractivity contribution in [1.82, 2.24) is 9.47 Å². The van der Waals surface area contributed by atoms with Crippen molar-refractivity contribution in [3.63, 3.8) is 0 Å². The third-order valence-electron chi connectivity index (χ3n) is 5.43. The number of carbonyl (C=O) groups is 2. The number of aliphatic hydroxyl groups excluding tert-OH is 1. The Kier molecular flexibility index (Phi) is 5.98. The fourth-order valence-electron chi connectivity index (χ4n) is 4.00. The molecule has 3 rings (SSSR count). The average molecular weight is 386 g/mol. The van der Waals surface area contributed by atoms with Crippen LogP contribution in [0.25, 0.3) is 0 Å². The van der Waals surface area contributed by atoms with E-state index in [1.807, 2.05) is 11.5 Å². The molecule has 6 heteroatoms. The van der Waals surface area contributed by atoms with E-state index in [0.717, 1.165) is 29.8 Å². The maximum atomic E-state index is 14.2. The molecule has 0 fully saturated rings. The number of carbonyl (C=O) groups excluding carboxylic acids is 2. The Morgan fingerprint density at radius 3 is 2.71 bits per heavy atom. The zero-order valence-corrected chi connectivity index (χ0v) is 16.7. The maximum absolute atomic E-state index is 14.2. The van der Waals surface area contributed by atoms with Crippen molar-refractivity contribution in [2.24, 2.45) is 0 Å². The normalized spacial score (nSPS) is 14.7. The summed E-state index contributed by atoms with van der Waals surface area (Å²) in [6.07, 6.45) is 1.47. The van der Waals surface area contributed by atoms with E-state index in [9.17, 15) is 19.1 Å². The van der Waals surface area contributed by atoms with Crippen LogP contribution in [0.2, 0.25) is 0 Å². The molecule has 0 aliphatic heterocycles. The molecule has 1 unspecified atom stereocenters. The zero-order chi connectivity index (χ0) is 20.4. The Balaban J connectivity index is 1.99. The molecule has 1 aliphatic rings. The van der Waals surface area contributed by atoms with E-state index in [1.54, 1.807) is 32.2 Å². The highest BCUT2D eigenvalue weighted by atomic mass is 19.1. The van der Waals surface area contributed by atoms with E-state index in [-0.39, 0.29) is 30.5 Å². The number of rotatable bonds is 6. The maximum Gasteiger partial charge on any atom is 0.226 e. The molecule has 0 saturated carbocycles. The van der Waals surface area contributed by atoms with Crippen molar-refractivity contribution in [3.05, 3.63) is 58.2 Å². The monoisotopic (exact) mass is 386 g/mol. The molecule has 0 bridgehead atoms. The number of aromatic nitrogens is 1. The van der Waals surface area contributed by atoms with Gasteiger partial charge in [-0.1, -0.05) is 18.2 Å². The SMILES string of the molecule is Cc1c(CC(=O)N(C)CC(C)O)c2c(n1Cc1ccccc1F)CCCC2=O. The average Bonchev–Trinajstić information content (AvgIpc) is 2.89. The minimum atomic E-state index is -0.615. The van der Waals surface area contributed by atoms with Crippen LogP contribution in [0.15, 0.2) is 24.3 Å². The molecule has 1 amide bonds. The van der Waals surface area contributed by atoms with Crippen LogP contribution < -0.4 is 0 Å². The molecular weight excluding hydrogens is 359 g/mol. The summed E-state index contributed by atoms with van der Waals surface area (Å²) in [6, 6.07) is 6.63. The number of aliphatic hydroxyl groups is 1. The molecule has 1 heterocycles. The van der Waals surface area contributed by atoms with Crippen LogP contribution in [0.1, 0.15) is 52.6 Å². The Morgan fingerprint density at radius 1 is 1.32 bits per heavy atom. The molecule has 1 N–H and O–H groups in total. The van der Waals surface area contributed by atoms with Crippen molar-refractivity contribution in [3.8, 4) is 0 Å². The second-order valence-electron chi connectivity index (χ2n) is 7.64. The van der Waals surface area contributed by atoms with Crippen molar-refractivity contribution >= 4 is 11.7 Å². The lowest BCUT2D eigenvalue weighted by Gasteiger charge is -2.19. The number of benzene rings is 1. The summed E-state index contributed by atoms with van der Waals surface area (Å²) in [4.78, 5) is 26.8. The molecule has 1 aromatic heterocycles. The number of halogens is 1. The summed E-state index contributed by atoms with van der Waals surface area (Å²) in [5, 5.41) is 9.53. The molecule has 0 saturated heterocycles. The van der Waals surface area contributed by atoms with E-state index in [2.05, 4.69) is 0 Å².